The Bertz CT molecular complexity index is 829. The van der Waals surface area contributed by atoms with Crippen molar-refractivity contribution < 1.29 is 26.4 Å². The average molecular weight is 433 g/mol. The first-order valence-corrected chi connectivity index (χ1v) is 11.4. The normalized spacial score (nSPS) is 20.1. The molecule has 1 amide bonds. The van der Waals surface area contributed by atoms with Crippen LogP contribution in [0, 0.1) is 5.92 Å². The number of benzene rings is 1. The maximum absolute atomic E-state index is 12.9. The molecule has 0 aliphatic carbocycles. The minimum absolute atomic E-state index is 0.0160. The Morgan fingerprint density at radius 3 is 2.24 bits per heavy atom. The summed E-state index contributed by atoms with van der Waals surface area (Å²) in [6.45, 7) is 4.15. The van der Waals surface area contributed by atoms with Crippen molar-refractivity contribution in [2.24, 2.45) is 5.92 Å². The number of halogens is 3. The predicted molar refractivity (Wildman–Crippen MR) is 104 cm³/mol. The van der Waals surface area contributed by atoms with Crippen LogP contribution in [-0.4, -0.2) is 68.6 Å². The molecule has 1 aromatic rings. The van der Waals surface area contributed by atoms with Gasteiger partial charge in [-0.3, -0.25) is 4.79 Å². The molecule has 1 aromatic carbocycles. The van der Waals surface area contributed by atoms with Gasteiger partial charge in [0, 0.05) is 50.9 Å². The third-order valence-electron chi connectivity index (χ3n) is 5.69. The van der Waals surface area contributed by atoms with Gasteiger partial charge in [-0.1, -0.05) is 6.07 Å². The predicted octanol–water partition coefficient (Wildman–Crippen LogP) is 2.42. The molecule has 0 atom stereocenters. The van der Waals surface area contributed by atoms with Crippen LogP contribution in [-0.2, 0) is 21.0 Å². The molecule has 0 unspecified atom stereocenters. The lowest BCUT2D eigenvalue weighted by molar-refractivity contribution is -0.137. The molecule has 3 rings (SSSR count). The number of piperidine rings is 1. The molecule has 0 N–H and O–H groups in total. The van der Waals surface area contributed by atoms with Crippen LogP contribution in [0.2, 0.25) is 0 Å². The van der Waals surface area contributed by atoms with Gasteiger partial charge in [0.1, 0.15) is 0 Å². The van der Waals surface area contributed by atoms with Gasteiger partial charge in [-0.25, -0.2) is 12.7 Å². The fraction of sp³-hybridized carbons (Fsp3) is 0.632. The van der Waals surface area contributed by atoms with E-state index < -0.39 is 21.8 Å². The van der Waals surface area contributed by atoms with E-state index in [0.717, 1.165) is 12.1 Å². The van der Waals surface area contributed by atoms with Crippen LogP contribution >= 0.6 is 0 Å². The van der Waals surface area contributed by atoms with Gasteiger partial charge in [-0.2, -0.15) is 13.2 Å². The number of carbonyl (C=O) groups is 1. The van der Waals surface area contributed by atoms with Crippen molar-refractivity contribution in [3.05, 3.63) is 29.8 Å². The minimum Gasteiger partial charge on any atom is -0.368 e. The summed E-state index contributed by atoms with van der Waals surface area (Å²) in [5.74, 6) is -0.121. The maximum atomic E-state index is 12.9. The molecule has 10 heteroatoms. The third-order valence-corrected chi connectivity index (χ3v) is 7.57. The lowest BCUT2D eigenvalue weighted by Gasteiger charge is -2.39. The van der Waals surface area contributed by atoms with Gasteiger partial charge in [0.2, 0.25) is 15.9 Å². The second-order valence-corrected chi connectivity index (χ2v) is 9.69. The summed E-state index contributed by atoms with van der Waals surface area (Å²) in [5.41, 5.74) is -0.174. The molecule has 29 heavy (non-hydrogen) atoms. The van der Waals surface area contributed by atoms with Gasteiger partial charge in [-0.15, -0.1) is 0 Å². The van der Waals surface area contributed by atoms with Crippen LogP contribution < -0.4 is 4.90 Å². The first-order valence-electron chi connectivity index (χ1n) is 9.80. The van der Waals surface area contributed by atoms with Crippen LogP contribution in [0.4, 0.5) is 18.9 Å². The molecular formula is C19H26F3N3O3S. The Labute approximate surface area is 169 Å². The Kier molecular flexibility index (Phi) is 6.42. The molecule has 0 bridgehead atoms. The number of hydrogen-bond acceptors (Lipinski definition) is 4. The van der Waals surface area contributed by atoms with E-state index in [2.05, 4.69) is 0 Å². The highest BCUT2D eigenvalue weighted by atomic mass is 32.2. The van der Waals surface area contributed by atoms with Gasteiger partial charge in [0.15, 0.2) is 0 Å². The summed E-state index contributed by atoms with van der Waals surface area (Å²) < 4.78 is 64.1. The van der Waals surface area contributed by atoms with E-state index in [4.69, 9.17) is 0 Å². The highest BCUT2D eigenvalue weighted by molar-refractivity contribution is 7.89. The molecule has 0 saturated carbocycles. The number of alkyl halides is 3. The molecule has 162 valence electrons. The lowest BCUT2D eigenvalue weighted by atomic mass is 9.96. The Morgan fingerprint density at radius 1 is 1.07 bits per heavy atom. The summed E-state index contributed by atoms with van der Waals surface area (Å²) in [6, 6.07) is 5.24. The van der Waals surface area contributed by atoms with E-state index in [0.29, 0.717) is 57.8 Å². The van der Waals surface area contributed by atoms with Crippen molar-refractivity contribution >= 4 is 21.6 Å². The Morgan fingerprint density at radius 2 is 1.69 bits per heavy atom. The van der Waals surface area contributed by atoms with Gasteiger partial charge in [0.05, 0.1) is 11.3 Å². The summed E-state index contributed by atoms with van der Waals surface area (Å²) in [6.07, 6.45) is -3.37. The number of anilines is 1. The number of rotatable bonds is 4. The quantitative estimate of drug-likeness (QED) is 0.732. The fourth-order valence-corrected chi connectivity index (χ4v) is 5.02. The number of nitrogens with zero attached hydrogens (tertiary/aromatic N) is 3. The van der Waals surface area contributed by atoms with Crippen LogP contribution in [0.1, 0.15) is 25.3 Å². The van der Waals surface area contributed by atoms with Gasteiger partial charge < -0.3 is 9.80 Å². The van der Waals surface area contributed by atoms with Gasteiger partial charge in [-0.05, 0) is 38.0 Å². The number of hydrogen-bond donors (Lipinski definition) is 0. The molecule has 0 radical (unpaired) electrons. The molecule has 2 fully saturated rings. The van der Waals surface area contributed by atoms with Crippen molar-refractivity contribution in [1.29, 1.82) is 0 Å². The first-order chi connectivity index (χ1) is 13.6. The zero-order chi connectivity index (χ0) is 21.2. The number of piperazine rings is 1. The molecule has 0 spiro atoms. The summed E-state index contributed by atoms with van der Waals surface area (Å²) in [4.78, 5) is 16.4. The van der Waals surface area contributed by atoms with Crippen molar-refractivity contribution in [1.82, 2.24) is 9.21 Å². The SMILES string of the molecule is CCS(=O)(=O)N1CCC(C(=O)N2CCN(c3cccc(C(F)(F)F)c3)CC2)CC1. The van der Waals surface area contributed by atoms with Gasteiger partial charge in [0.25, 0.3) is 0 Å². The molecule has 2 aliphatic rings. The standard InChI is InChI=1S/C19H26F3N3O3S/c1-2-29(27,28)25-8-6-15(7-9-25)18(26)24-12-10-23(11-13-24)17-5-3-4-16(14-17)19(20,21)22/h3-5,14-15H,2,6-13H2,1H3. The summed E-state index contributed by atoms with van der Waals surface area (Å²) >= 11 is 0. The molecule has 2 saturated heterocycles. The average Bonchev–Trinajstić information content (AvgIpc) is 2.73. The van der Waals surface area contributed by atoms with Crippen molar-refractivity contribution in [2.45, 2.75) is 25.9 Å². The molecule has 2 heterocycles. The monoisotopic (exact) mass is 433 g/mol. The smallest absolute Gasteiger partial charge is 0.368 e. The van der Waals surface area contributed by atoms with E-state index in [1.54, 1.807) is 17.9 Å². The van der Waals surface area contributed by atoms with Crippen molar-refractivity contribution in [2.75, 3.05) is 49.9 Å². The molecule has 0 aromatic heterocycles. The first kappa shape index (κ1) is 21.9. The zero-order valence-corrected chi connectivity index (χ0v) is 17.2. The van der Waals surface area contributed by atoms with Crippen LogP contribution in [0.25, 0.3) is 0 Å². The van der Waals surface area contributed by atoms with E-state index in [1.165, 1.54) is 10.4 Å². The molecule has 2 aliphatic heterocycles. The van der Waals surface area contributed by atoms with Crippen molar-refractivity contribution in [3.63, 3.8) is 0 Å². The Hall–Kier alpha value is -1.81. The molecular weight excluding hydrogens is 407 g/mol. The zero-order valence-electron chi connectivity index (χ0n) is 16.4. The second kappa shape index (κ2) is 8.51. The van der Waals surface area contributed by atoms with Crippen LogP contribution in [0.3, 0.4) is 0 Å². The Balaban J connectivity index is 1.54. The second-order valence-electron chi connectivity index (χ2n) is 7.43. The summed E-state index contributed by atoms with van der Waals surface area (Å²) in [5, 5.41) is 0. The van der Waals surface area contributed by atoms with Crippen molar-refractivity contribution in [3.8, 4) is 0 Å². The van der Waals surface area contributed by atoms with Crippen LogP contribution in [0.5, 0.6) is 0 Å². The topological polar surface area (TPSA) is 60.9 Å². The van der Waals surface area contributed by atoms with E-state index in [9.17, 15) is 26.4 Å². The summed E-state index contributed by atoms with van der Waals surface area (Å²) in [7, 11) is -3.23. The minimum atomic E-state index is -4.38. The fourth-order valence-electron chi connectivity index (χ4n) is 3.89. The maximum Gasteiger partial charge on any atom is 0.416 e. The van der Waals surface area contributed by atoms with E-state index >= 15 is 0 Å². The largest absolute Gasteiger partial charge is 0.416 e. The van der Waals surface area contributed by atoms with E-state index in [-0.39, 0.29) is 17.6 Å². The number of carbonyl (C=O) groups excluding carboxylic acids is 1. The molecule has 6 nitrogen and oxygen atoms in total. The third kappa shape index (κ3) is 5.03. The number of sulfonamides is 1. The van der Waals surface area contributed by atoms with E-state index in [1.807, 2.05) is 4.90 Å². The highest BCUT2D eigenvalue weighted by Crippen LogP contribution is 2.32. The highest BCUT2D eigenvalue weighted by Gasteiger charge is 2.34. The number of amides is 1. The lowest BCUT2D eigenvalue weighted by Crippen LogP contribution is -2.52. The van der Waals surface area contributed by atoms with Crippen LogP contribution in [0.15, 0.2) is 24.3 Å². The van der Waals surface area contributed by atoms with Gasteiger partial charge >= 0.3 is 6.18 Å².